The Bertz CT molecular complexity index is 1130. The van der Waals surface area contributed by atoms with Crippen LogP contribution >= 0.6 is 11.8 Å². The SMILES string of the molecule is COc1ccc(CCNC(=O)CSc2nnc(-c3cccnc3)n2Cc2ccco2)cc1. The van der Waals surface area contributed by atoms with Crippen LogP contribution in [-0.2, 0) is 17.8 Å². The largest absolute Gasteiger partial charge is 0.497 e. The lowest BCUT2D eigenvalue weighted by atomic mass is 10.1. The molecule has 0 fully saturated rings. The highest BCUT2D eigenvalue weighted by molar-refractivity contribution is 7.99. The number of hydrogen-bond donors (Lipinski definition) is 1. The second-order valence-electron chi connectivity index (χ2n) is 6.95. The van der Waals surface area contributed by atoms with Gasteiger partial charge in [0.1, 0.15) is 11.5 Å². The van der Waals surface area contributed by atoms with Gasteiger partial charge in [0.15, 0.2) is 11.0 Å². The Hall–Kier alpha value is -3.59. The van der Waals surface area contributed by atoms with Crippen LogP contribution in [0.2, 0.25) is 0 Å². The van der Waals surface area contributed by atoms with Gasteiger partial charge in [-0.25, -0.2) is 0 Å². The second kappa shape index (κ2) is 10.6. The molecule has 1 amide bonds. The smallest absolute Gasteiger partial charge is 0.230 e. The fourth-order valence-electron chi connectivity index (χ4n) is 3.12. The number of carbonyl (C=O) groups excluding carboxylic acids is 1. The summed E-state index contributed by atoms with van der Waals surface area (Å²) in [5.41, 5.74) is 1.99. The molecule has 0 radical (unpaired) electrons. The van der Waals surface area contributed by atoms with Gasteiger partial charge in [-0.05, 0) is 48.4 Å². The fraction of sp³-hybridized carbons (Fsp3) is 0.217. The minimum atomic E-state index is -0.0565. The highest BCUT2D eigenvalue weighted by Crippen LogP contribution is 2.24. The number of methoxy groups -OCH3 is 1. The van der Waals surface area contributed by atoms with Crippen molar-refractivity contribution in [1.82, 2.24) is 25.1 Å². The van der Waals surface area contributed by atoms with Crippen molar-refractivity contribution in [2.24, 2.45) is 0 Å². The molecule has 164 valence electrons. The summed E-state index contributed by atoms with van der Waals surface area (Å²) in [7, 11) is 1.64. The maximum Gasteiger partial charge on any atom is 0.230 e. The Morgan fingerprint density at radius 3 is 2.75 bits per heavy atom. The monoisotopic (exact) mass is 449 g/mol. The van der Waals surface area contributed by atoms with Gasteiger partial charge in [0.25, 0.3) is 0 Å². The van der Waals surface area contributed by atoms with E-state index in [9.17, 15) is 4.79 Å². The van der Waals surface area contributed by atoms with Crippen LogP contribution in [0.15, 0.2) is 76.8 Å². The van der Waals surface area contributed by atoms with E-state index in [0.29, 0.717) is 24.1 Å². The Morgan fingerprint density at radius 1 is 1.16 bits per heavy atom. The molecule has 3 heterocycles. The second-order valence-corrected chi connectivity index (χ2v) is 7.89. The number of thioether (sulfide) groups is 1. The van der Waals surface area contributed by atoms with Crippen molar-refractivity contribution >= 4 is 17.7 Å². The molecule has 8 nitrogen and oxygen atoms in total. The first kappa shape index (κ1) is 21.6. The predicted molar refractivity (Wildman–Crippen MR) is 121 cm³/mol. The van der Waals surface area contributed by atoms with Crippen molar-refractivity contribution in [3.8, 4) is 17.1 Å². The summed E-state index contributed by atoms with van der Waals surface area (Å²) in [6.07, 6.45) is 5.83. The molecular formula is C23H23N5O3S. The minimum Gasteiger partial charge on any atom is -0.497 e. The van der Waals surface area contributed by atoms with E-state index in [2.05, 4.69) is 20.5 Å². The Balaban J connectivity index is 1.36. The van der Waals surface area contributed by atoms with E-state index in [-0.39, 0.29) is 11.7 Å². The summed E-state index contributed by atoms with van der Waals surface area (Å²) in [4.78, 5) is 16.5. The summed E-state index contributed by atoms with van der Waals surface area (Å²) in [6, 6.07) is 15.3. The third kappa shape index (κ3) is 5.55. The standard InChI is InChI=1S/C23H23N5O3S/c1-30-19-8-6-17(7-9-19)10-12-25-21(29)16-32-23-27-26-22(18-4-2-11-24-14-18)28(23)15-20-5-3-13-31-20/h2-9,11,13-14H,10,12,15-16H2,1H3,(H,25,29). The topological polar surface area (TPSA) is 95.1 Å². The third-order valence-corrected chi connectivity index (χ3v) is 5.72. The van der Waals surface area contributed by atoms with Gasteiger partial charge in [-0.15, -0.1) is 10.2 Å². The molecule has 0 saturated carbocycles. The van der Waals surface area contributed by atoms with Gasteiger partial charge in [-0.2, -0.15) is 0 Å². The Morgan fingerprint density at radius 2 is 2.03 bits per heavy atom. The normalized spacial score (nSPS) is 10.8. The zero-order valence-electron chi connectivity index (χ0n) is 17.6. The first-order chi connectivity index (χ1) is 15.7. The number of hydrogen-bond acceptors (Lipinski definition) is 7. The van der Waals surface area contributed by atoms with Crippen molar-refractivity contribution in [2.45, 2.75) is 18.1 Å². The van der Waals surface area contributed by atoms with E-state index in [1.165, 1.54) is 11.8 Å². The zero-order chi connectivity index (χ0) is 22.2. The number of amides is 1. The number of ether oxygens (including phenoxy) is 1. The minimum absolute atomic E-state index is 0.0565. The fourth-order valence-corrected chi connectivity index (χ4v) is 3.89. The van der Waals surface area contributed by atoms with Crippen molar-refractivity contribution in [3.63, 3.8) is 0 Å². The van der Waals surface area contributed by atoms with Gasteiger partial charge in [-0.1, -0.05) is 23.9 Å². The van der Waals surface area contributed by atoms with Crippen LogP contribution in [0.5, 0.6) is 5.75 Å². The molecule has 32 heavy (non-hydrogen) atoms. The van der Waals surface area contributed by atoms with Crippen molar-refractivity contribution < 1.29 is 13.9 Å². The van der Waals surface area contributed by atoms with Gasteiger partial charge < -0.3 is 14.5 Å². The number of rotatable bonds is 10. The number of carbonyl (C=O) groups is 1. The number of nitrogens with one attached hydrogen (secondary N) is 1. The molecule has 4 rings (SSSR count). The number of nitrogens with zero attached hydrogens (tertiary/aromatic N) is 4. The molecule has 1 N–H and O–H groups in total. The Labute approximate surface area is 190 Å². The van der Waals surface area contributed by atoms with Crippen LogP contribution in [0.1, 0.15) is 11.3 Å². The van der Waals surface area contributed by atoms with Crippen LogP contribution in [0.3, 0.4) is 0 Å². The molecule has 0 aliphatic heterocycles. The molecule has 1 aromatic carbocycles. The quantitative estimate of drug-likeness (QED) is 0.371. The number of aromatic nitrogens is 4. The highest BCUT2D eigenvalue weighted by atomic mass is 32.2. The molecule has 9 heteroatoms. The van der Waals surface area contributed by atoms with Crippen molar-refractivity contribution in [3.05, 3.63) is 78.5 Å². The van der Waals surface area contributed by atoms with E-state index in [0.717, 1.165) is 29.1 Å². The molecule has 0 aliphatic carbocycles. The maximum absolute atomic E-state index is 12.4. The molecule has 3 aromatic heterocycles. The van der Waals surface area contributed by atoms with Gasteiger partial charge >= 0.3 is 0 Å². The van der Waals surface area contributed by atoms with Crippen LogP contribution in [0.25, 0.3) is 11.4 Å². The Kier molecular flexibility index (Phi) is 7.19. The molecule has 0 aliphatic rings. The summed E-state index contributed by atoms with van der Waals surface area (Å²) in [5.74, 6) is 2.46. The van der Waals surface area contributed by atoms with E-state index in [1.54, 1.807) is 25.8 Å². The molecule has 4 aromatic rings. The van der Waals surface area contributed by atoms with E-state index < -0.39 is 0 Å². The summed E-state index contributed by atoms with van der Waals surface area (Å²) in [6.45, 7) is 1.03. The first-order valence-electron chi connectivity index (χ1n) is 10.1. The maximum atomic E-state index is 12.4. The molecule has 0 spiro atoms. The number of benzene rings is 1. The number of pyridine rings is 1. The lowest BCUT2D eigenvalue weighted by Crippen LogP contribution is -2.27. The van der Waals surface area contributed by atoms with Crippen molar-refractivity contribution in [2.75, 3.05) is 19.4 Å². The molecule has 0 unspecified atom stereocenters. The summed E-state index contributed by atoms with van der Waals surface area (Å²) >= 11 is 1.34. The lowest BCUT2D eigenvalue weighted by molar-refractivity contribution is -0.118. The summed E-state index contributed by atoms with van der Waals surface area (Å²) in [5, 5.41) is 12.2. The van der Waals surface area contributed by atoms with Crippen LogP contribution in [0, 0.1) is 0 Å². The van der Waals surface area contributed by atoms with E-state index in [1.807, 2.05) is 53.1 Å². The summed E-state index contributed by atoms with van der Waals surface area (Å²) < 4.78 is 12.6. The van der Waals surface area contributed by atoms with Gasteiger partial charge in [0.05, 0.1) is 25.7 Å². The highest BCUT2D eigenvalue weighted by Gasteiger charge is 2.17. The lowest BCUT2D eigenvalue weighted by Gasteiger charge is -2.09. The molecule has 0 saturated heterocycles. The van der Waals surface area contributed by atoms with E-state index in [4.69, 9.17) is 9.15 Å². The molecular weight excluding hydrogens is 426 g/mol. The molecule has 0 atom stereocenters. The van der Waals surface area contributed by atoms with Crippen LogP contribution < -0.4 is 10.1 Å². The number of furan rings is 1. The van der Waals surface area contributed by atoms with Gasteiger partial charge in [0, 0.05) is 24.5 Å². The van der Waals surface area contributed by atoms with Gasteiger partial charge in [-0.3, -0.25) is 14.3 Å². The van der Waals surface area contributed by atoms with Crippen LogP contribution in [-0.4, -0.2) is 45.1 Å². The van der Waals surface area contributed by atoms with Crippen molar-refractivity contribution in [1.29, 1.82) is 0 Å². The van der Waals surface area contributed by atoms with Gasteiger partial charge in [0.2, 0.25) is 5.91 Å². The third-order valence-electron chi connectivity index (χ3n) is 4.76. The molecule has 0 bridgehead atoms. The first-order valence-corrected chi connectivity index (χ1v) is 11.1. The predicted octanol–water partition coefficient (Wildman–Crippen LogP) is 3.44. The van der Waals surface area contributed by atoms with E-state index >= 15 is 0 Å². The van der Waals surface area contributed by atoms with Crippen LogP contribution in [0.4, 0.5) is 0 Å². The zero-order valence-corrected chi connectivity index (χ0v) is 18.4. The average Bonchev–Trinajstić information content (AvgIpc) is 3.49. The average molecular weight is 450 g/mol.